The van der Waals surface area contributed by atoms with E-state index in [2.05, 4.69) is 0 Å². The van der Waals surface area contributed by atoms with Crippen molar-refractivity contribution in [2.75, 3.05) is 6.61 Å². The molecular weight excluding hydrogens is 275 g/mol. The minimum absolute atomic E-state index is 0.00273. The summed E-state index contributed by atoms with van der Waals surface area (Å²) in [5.41, 5.74) is 0.00273. The molecule has 21 heavy (non-hydrogen) atoms. The van der Waals surface area contributed by atoms with E-state index in [4.69, 9.17) is 9.47 Å². The number of carbonyl (C=O) groups is 2. The first-order chi connectivity index (χ1) is 9.81. The third kappa shape index (κ3) is 5.63. The lowest BCUT2D eigenvalue weighted by molar-refractivity contribution is -0.131. The number of rotatable bonds is 7. The second kappa shape index (κ2) is 7.88. The maximum atomic E-state index is 13.9. The summed E-state index contributed by atoms with van der Waals surface area (Å²) in [6, 6.07) is 3.80. The van der Waals surface area contributed by atoms with Crippen LogP contribution in [0.25, 0.3) is 0 Å². The largest absolute Gasteiger partial charge is 0.427 e. The molecule has 1 rings (SSSR count). The summed E-state index contributed by atoms with van der Waals surface area (Å²) in [5.74, 6) is -1.75. The number of ketones is 1. The van der Waals surface area contributed by atoms with Crippen LogP contribution in [-0.4, -0.2) is 24.5 Å². The van der Waals surface area contributed by atoms with Crippen molar-refractivity contribution in [1.82, 2.24) is 0 Å². The Balaban J connectivity index is 2.71. The molecule has 5 heteroatoms. The maximum absolute atomic E-state index is 13.9. The lowest BCUT2D eigenvalue weighted by Crippen LogP contribution is -2.16. The van der Waals surface area contributed by atoms with Crippen LogP contribution < -0.4 is 4.74 Å². The van der Waals surface area contributed by atoms with E-state index in [0.29, 0.717) is 13.0 Å². The topological polar surface area (TPSA) is 52.6 Å². The first-order valence-corrected chi connectivity index (χ1v) is 6.95. The quantitative estimate of drug-likeness (QED) is 0.440. The summed E-state index contributed by atoms with van der Waals surface area (Å²) >= 11 is 0. The number of esters is 1. The van der Waals surface area contributed by atoms with Crippen molar-refractivity contribution in [2.24, 2.45) is 5.92 Å². The van der Waals surface area contributed by atoms with E-state index >= 15 is 0 Å². The third-order valence-electron chi connectivity index (χ3n) is 2.92. The minimum atomic E-state index is -0.685. The van der Waals surface area contributed by atoms with Crippen molar-refractivity contribution in [3.63, 3.8) is 0 Å². The molecule has 0 bridgehead atoms. The Morgan fingerprint density at radius 1 is 1.24 bits per heavy atom. The average Bonchev–Trinajstić information content (AvgIpc) is 2.36. The van der Waals surface area contributed by atoms with Crippen molar-refractivity contribution in [2.45, 2.75) is 40.2 Å². The van der Waals surface area contributed by atoms with Crippen LogP contribution in [0.2, 0.25) is 0 Å². The fourth-order valence-electron chi connectivity index (χ4n) is 1.80. The summed E-state index contributed by atoms with van der Waals surface area (Å²) < 4.78 is 24.1. The molecule has 4 nitrogen and oxygen atoms in total. The Hall–Kier alpha value is -1.75. The van der Waals surface area contributed by atoms with Crippen molar-refractivity contribution in [1.29, 1.82) is 0 Å². The van der Waals surface area contributed by atoms with E-state index in [9.17, 15) is 14.0 Å². The highest BCUT2D eigenvalue weighted by Crippen LogP contribution is 2.21. The van der Waals surface area contributed by atoms with Gasteiger partial charge in [-0.05, 0) is 32.4 Å². The van der Waals surface area contributed by atoms with Crippen molar-refractivity contribution in [3.8, 4) is 5.75 Å². The van der Waals surface area contributed by atoms with Crippen LogP contribution in [0.5, 0.6) is 5.75 Å². The van der Waals surface area contributed by atoms with E-state index < -0.39 is 11.8 Å². The molecule has 0 fully saturated rings. The van der Waals surface area contributed by atoms with Gasteiger partial charge in [0.25, 0.3) is 0 Å². The fraction of sp³-hybridized carbons (Fsp3) is 0.500. The van der Waals surface area contributed by atoms with Crippen LogP contribution in [0.4, 0.5) is 4.39 Å². The third-order valence-corrected chi connectivity index (χ3v) is 2.92. The molecule has 0 saturated heterocycles. The van der Waals surface area contributed by atoms with E-state index in [1.54, 1.807) is 6.92 Å². The highest BCUT2D eigenvalue weighted by Gasteiger charge is 2.19. The average molecular weight is 296 g/mol. The Morgan fingerprint density at radius 3 is 2.43 bits per heavy atom. The number of benzene rings is 1. The van der Waals surface area contributed by atoms with Crippen LogP contribution in [0.3, 0.4) is 0 Å². The molecule has 0 spiro atoms. The van der Waals surface area contributed by atoms with E-state index in [1.165, 1.54) is 19.1 Å². The zero-order valence-electron chi connectivity index (χ0n) is 12.8. The molecule has 0 aliphatic heterocycles. The van der Waals surface area contributed by atoms with Crippen LogP contribution in [0, 0.1) is 11.7 Å². The molecule has 0 saturated carbocycles. The molecule has 116 valence electrons. The summed E-state index contributed by atoms with van der Waals surface area (Å²) in [7, 11) is 0. The molecule has 0 aliphatic carbocycles. The molecule has 0 radical (unpaired) electrons. The molecule has 1 aromatic carbocycles. The summed E-state index contributed by atoms with van der Waals surface area (Å²) in [5, 5.41) is 0. The SMILES string of the molecule is CC(=O)Oc1ccc(C(=O)[C@H](C)CCOC(C)C)c(F)c1. The van der Waals surface area contributed by atoms with Crippen LogP contribution in [0.15, 0.2) is 18.2 Å². The number of carbonyl (C=O) groups excluding carboxylic acids is 2. The number of halogens is 1. The van der Waals surface area contributed by atoms with Gasteiger partial charge in [0.2, 0.25) is 0 Å². The molecule has 0 amide bonds. The Kier molecular flexibility index (Phi) is 6.49. The van der Waals surface area contributed by atoms with Gasteiger partial charge >= 0.3 is 5.97 Å². The van der Waals surface area contributed by atoms with Crippen molar-refractivity contribution in [3.05, 3.63) is 29.6 Å². The first-order valence-electron chi connectivity index (χ1n) is 6.95. The van der Waals surface area contributed by atoms with E-state index in [0.717, 1.165) is 6.07 Å². The van der Waals surface area contributed by atoms with Gasteiger partial charge in [-0.25, -0.2) is 4.39 Å². The zero-order valence-corrected chi connectivity index (χ0v) is 12.8. The van der Waals surface area contributed by atoms with Crippen LogP contribution >= 0.6 is 0 Å². The van der Waals surface area contributed by atoms with Gasteiger partial charge in [-0.3, -0.25) is 9.59 Å². The van der Waals surface area contributed by atoms with Gasteiger partial charge in [0.15, 0.2) is 5.78 Å². The lowest BCUT2D eigenvalue weighted by Gasteiger charge is -2.13. The van der Waals surface area contributed by atoms with Gasteiger partial charge < -0.3 is 9.47 Å². The Labute approximate surface area is 124 Å². The Morgan fingerprint density at radius 2 is 1.90 bits per heavy atom. The second-order valence-corrected chi connectivity index (χ2v) is 5.21. The van der Waals surface area contributed by atoms with E-state index in [1.807, 2.05) is 13.8 Å². The van der Waals surface area contributed by atoms with Gasteiger partial charge in [-0.2, -0.15) is 0 Å². The van der Waals surface area contributed by atoms with Gasteiger partial charge in [-0.15, -0.1) is 0 Å². The molecule has 0 aromatic heterocycles. The highest BCUT2D eigenvalue weighted by molar-refractivity contribution is 5.98. The molecule has 1 aromatic rings. The normalized spacial score (nSPS) is 12.3. The van der Waals surface area contributed by atoms with Crippen molar-refractivity contribution >= 4 is 11.8 Å². The Bertz CT molecular complexity index is 511. The molecule has 0 aliphatic rings. The minimum Gasteiger partial charge on any atom is -0.427 e. The molecule has 1 atom stereocenters. The predicted octanol–water partition coefficient (Wildman–Crippen LogP) is 3.38. The van der Waals surface area contributed by atoms with Crippen molar-refractivity contribution < 1.29 is 23.5 Å². The molecule has 0 unspecified atom stereocenters. The lowest BCUT2D eigenvalue weighted by atomic mass is 9.96. The highest BCUT2D eigenvalue weighted by atomic mass is 19.1. The van der Waals surface area contributed by atoms with Gasteiger partial charge in [0, 0.05) is 25.5 Å². The second-order valence-electron chi connectivity index (χ2n) is 5.21. The standard InChI is InChI=1S/C16H21FO4/c1-10(2)20-8-7-11(3)16(19)14-6-5-13(9-15(14)17)21-12(4)18/h5-6,9-11H,7-8H2,1-4H3/t11-/m1/s1. The number of Topliss-reactive ketones (excluding diaryl/α,β-unsaturated/α-hetero) is 1. The molecule has 0 heterocycles. The number of hydrogen-bond donors (Lipinski definition) is 0. The summed E-state index contributed by atoms with van der Waals surface area (Å²) in [4.78, 5) is 23.0. The molecule has 0 N–H and O–H groups in total. The van der Waals surface area contributed by atoms with Gasteiger partial charge in [0.05, 0.1) is 11.7 Å². The smallest absolute Gasteiger partial charge is 0.308 e. The first kappa shape index (κ1) is 17.3. The zero-order chi connectivity index (χ0) is 16.0. The monoisotopic (exact) mass is 296 g/mol. The van der Waals surface area contributed by atoms with Gasteiger partial charge in [-0.1, -0.05) is 6.92 Å². The summed E-state index contributed by atoms with van der Waals surface area (Å²) in [6.45, 7) is 7.26. The van der Waals surface area contributed by atoms with E-state index in [-0.39, 0.29) is 29.1 Å². The van der Waals surface area contributed by atoms with Gasteiger partial charge in [0.1, 0.15) is 11.6 Å². The summed E-state index contributed by atoms with van der Waals surface area (Å²) in [6.07, 6.45) is 0.634. The number of ether oxygens (including phenoxy) is 2. The molecular formula is C16H21FO4. The number of hydrogen-bond acceptors (Lipinski definition) is 4. The van der Waals surface area contributed by atoms with Crippen LogP contribution in [0.1, 0.15) is 44.5 Å². The van der Waals surface area contributed by atoms with Crippen LogP contribution in [-0.2, 0) is 9.53 Å². The predicted molar refractivity (Wildman–Crippen MR) is 76.9 cm³/mol. The maximum Gasteiger partial charge on any atom is 0.308 e. The fourth-order valence-corrected chi connectivity index (χ4v) is 1.80.